The molecule has 19 heavy (non-hydrogen) atoms. The Morgan fingerprint density at radius 1 is 1.11 bits per heavy atom. The second-order valence-electron chi connectivity index (χ2n) is 7.46. The molecule has 2 nitrogen and oxygen atoms in total. The molecule has 0 amide bonds. The molecule has 0 bridgehead atoms. The molecule has 1 aliphatic heterocycles. The van der Waals surface area contributed by atoms with Crippen LogP contribution in [-0.2, 0) is 4.79 Å². The van der Waals surface area contributed by atoms with Crippen LogP contribution in [-0.4, -0.2) is 30.8 Å². The molecule has 1 saturated heterocycles. The predicted octanol–water partition coefficient (Wildman–Crippen LogP) is 4.14. The lowest BCUT2D eigenvalue weighted by molar-refractivity contribution is -0.117. The molecular weight excluding hydrogens is 234 g/mol. The highest BCUT2D eigenvalue weighted by Crippen LogP contribution is 2.35. The van der Waals surface area contributed by atoms with Crippen molar-refractivity contribution in [1.82, 2.24) is 4.90 Å². The topological polar surface area (TPSA) is 20.3 Å². The lowest BCUT2D eigenvalue weighted by Gasteiger charge is -2.33. The number of carbonyl (C=O) groups excluding carboxylic acids is 1. The Kier molecular flexibility index (Phi) is 6.04. The highest BCUT2D eigenvalue weighted by molar-refractivity contribution is 5.59. The molecule has 0 N–H and O–H groups in total. The summed E-state index contributed by atoms with van der Waals surface area (Å²) in [5.74, 6) is 0.825. The minimum Gasteiger partial charge on any atom is -0.303 e. The summed E-state index contributed by atoms with van der Waals surface area (Å²) in [6, 6.07) is 0. The van der Waals surface area contributed by atoms with Gasteiger partial charge in [0.05, 0.1) is 0 Å². The largest absolute Gasteiger partial charge is 0.303 e. The SMILES string of the molecule is CCC(C=O)(CC)CN1CCCC(C(C)(C)C)CC1. The standard InChI is InChI=1S/C17H33NO/c1-6-17(7-2,14-19)13-18-11-8-9-15(10-12-18)16(3,4)5/h14-15H,6-13H2,1-5H3. The summed E-state index contributed by atoms with van der Waals surface area (Å²) < 4.78 is 0. The predicted molar refractivity (Wildman–Crippen MR) is 82.3 cm³/mol. The van der Waals surface area contributed by atoms with Gasteiger partial charge in [0.1, 0.15) is 6.29 Å². The Balaban J connectivity index is 2.60. The first-order valence-corrected chi connectivity index (χ1v) is 8.05. The molecule has 0 aromatic heterocycles. The Morgan fingerprint density at radius 2 is 1.74 bits per heavy atom. The van der Waals surface area contributed by atoms with Gasteiger partial charge in [-0.2, -0.15) is 0 Å². The maximum atomic E-state index is 11.4. The Bertz CT molecular complexity index is 275. The maximum Gasteiger partial charge on any atom is 0.127 e. The second kappa shape index (κ2) is 6.88. The zero-order chi connectivity index (χ0) is 14.5. The minimum absolute atomic E-state index is 0.110. The molecule has 1 aliphatic rings. The highest BCUT2D eigenvalue weighted by atomic mass is 16.1. The van der Waals surface area contributed by atoms with E-state index in [-0.39, 0.29) is 5.41 Å². The number of nitrogens with zero attached hydrogens (tertiary/aromatic N) is 1. The fourth-order valence-corrected chi connectivity index (χ4v) is 3.30. The minimum atomic E-state index is -0.110. The fraction of sp³-hybridized carbons (Fsp3) is 0.941. The van der Waals surface area contributed by atoms with Gasteiger partial charge in [-0.25, -0.2) is 0 Å². The molecule has 112 valence electrons. The quantitative estimate of drug-likeness (QED) is 0.698. The van der Waals surface area contributed by atoms with Crippen molar-refractivity contribution in [3.8, 4) is 0 Å². The molecule has 0 spiro atoms. The smallest absolute Gasteiger partial charge is 0.127 e. The summed E-state index contributed by atoms with van der Waals surface area (Å²) in [6.45, 7) is 14.7. The van der Waals surface area contributed by atoms with Crippen molar-refractivity contribution in [3.63, 3.8) is 0 Å². The van der Waals surface area contributed by atoms with Crippen LogP contribution >= 0.6 is 0 Å². The summed E-state index contributed by atoms with van der Waals surface area (Å²) in [5, 5.41) is 0. The zero-order valence-corrected chi connectivity index (χ0v) is 13.7. The van der Waals surface area contributed by atoms with E-state index in [0.717, 1.165) is 31.8 Å². The number of hydrogen-bond acceptors (Lipinski definition) is 2. The molecule has 0 saturated carbocycles. The van der Waals surface area contributed by atoms with Crippen LogP contribution in [0.25, 0.3) is 0 Å². The van der Waals surface area contributed by atoms with Crippen LogP contribution < -0.4 is 0 Å². The van der Waals surface area contributed by atoms with Gasteiger partial charge >= 0.3 is 0 Å². The van der Waals surface area contributed by atoms with Crippen LogP contribution in [0.15, 0.2) is 0 Å². The first kappa shape index (κ1) is 16.7. The van der Waals surface area contributed by atoms with E-state index in [2.05, 4.69) is 39.5 Å². The number of likely N-dealkylation sites (tertiary alicyclic amines) is 1. The molecule has 1 atom stereocenters. The van der Waals surface area contributed by atoms with Gasteiger partial charge in [0.2, 0.25) is 0 Å². The number of carbonyl (C=O) groups is 1. The van der Waals surface area contributed by atoms with Crippen LogP contribution in [0.1, 0.15) is 66.7 Å². The van der Waals surface area contributed by atoms with Crippen LogP contribution in [0.4, 0.5) is 0 Å². The zero-order valence-electron chi connectivity index (χ0n) is 13.7. The van der Waals surface area contributed by atoms with Crippen molar-refractivity contribution >= 4 is 6.29 Å². The van der Waals surface area contributed by atoms with Crippen LogP contribution in [0.2, 0.25) is 0 Å². The third-order valence-corrected chi connectivity index (χ3v) is 5.24. The van der Waals surface area contributed by atoms with E-state index in [4.69, 9.17) is 0 Å². The number of aldehydes is 1. The van der Waals surface area contributed by atoms with Gasteiger partial charge in [-0.15, -0.1) is 0 Å². The summed E-state index contributed by atoms with van der Waals surface area (Å²) >= 11 is 0. The van der Waals surface area contributed by atoms with E-state index in [9.17, 15) is 4.79 Å². The van der Waals surface area contributed by atoms with Crippen molar-refractivity contribution in [3.05, 3.63) is 0 Å². The average molecular weight is 267 g/mol. The van der Waals surface area contributed by atoms with E-state index in [1.54, 1.807) is 0 Å². The fourth-order valence-electron chi connectivity index (χ4n) is 3.30. The monoisotopic (exact) mass is 267 g/mol. The van der Waals surface area contributed by atoms with Crippen molar-refractivity contribution in [2.45, 2.75) is 66.7 Å². The normalized spacial score (nSPS) is 23.1. The number of rotatable bonds is 5. The molecule has 0 radical (unpaired) electrons. The average Bonchev–Trinajstić information content (AvgIpc) is 2.61. The first-order valence-electron chi connectivity index (χ1n) is 8.05. The van der Waals surface area contributed by atoms with Crippen LogP contribution in [0, 0.1) is 16.7 Å². The molecule has 0 aromatic carbocycles. The van der Waals surface area contributed by atoms with Crippen LogP contribution in [0.5, 0.6) is 0 Å². The molecule has 1 heterocycles. The van der Waals surface area contributed by atoms with E-state index in [1.807, 2.05) is 0 Å². The van der Waals surface area contributed by atoms with E-state index in [1.165, 1.54) is 32.1 Å². The van der Waals surface area contributed by atoms with Crippen LogP contribution in [0.3, 0.4) is 0 Å². The Labute approximate surface area is 119 Å². The van der Waals surface area contributed by atoms with Gasteiger partial charge in [0, 0.05) is 12.0 Å². The molecule has 1 unspecified atom stereocenters. The van der Waals surface area contributed by atoms with E-state index in [0.29, 0.717) is 5.41 Å². The van der Waals surface area contributed by atoms with E-state index < -0.39 is 0 Å². The van der Waals surface area contributed by atoms with Gasteiger partial charge in [-0.1, -0.05) is 34.6 Å². The first-order chi connectivity index (χ1) is 8.87. The highest BCUT2D eigenvalue weighted by Gasteiger charge is 2.31. The van der Waals surface area contributed by atoms with E-state index >= 15 is 0 Å². The molecule has 0 aromatic rings. The van der Waals surface area contributed by atoms with Crippen molar-refractivity contribution in [2.24, 2.45) is 16.7 Å². The molecule has 2 heteroatoms. The van der Waals surface area contributed by atoms with Gasteiger partial charge in [-0.05, 0) is 56.5 Å². The third kappa shape index (κ3) is 4.59. The Hall–Kier alpha value is -0.370. The molecule has 1 fully saturated rings. The maximum absolute atomic E-state index is 11.4. The summed E-state index contributed by atoms with van der Waals surface area (Å²) in [4.78, 5) is 14.0. The van der Waals surface area contributed by atoms with Gasteiger partial charge in [0.15, 0.2) is 0 Å². The summed E-state index contributed by atoms with van der Waals surface area (Å²) in [6.07, 6.45) is 7.04. The van der Waals surface area contributed by atoms with Gasteiger partial charge in [0.25, 0.3) is 0 Å². The third-order valence-electron chi connectivity index (χ3n) is 5.24. The molecular formula is C17H33NO. The van der Waals surface area contributed by atoms with Gasteiger partial charge in [-0.3, -0.25) is 0 Å². The molecule has 0 aliphatic carbocycles. The summed E-state index contributed by atoms with van der Waals surface area (Å²) in [5.41, 5.74) is 0.314. The Morgan fingerprint density at radius 3 is 2.21 bits per heavy atom. The van der Waals surface area contributed by atoms with Crippen molar-refractivity contribution in [1.29, 1.82) is 0 Å². The second-order valence-corrected chi connectivity index (χ2v) is 7.46. The van der Waals surface area contributed by atoms with Crippen molar-refractivity contribution in [2.75, 3.05) is 19.6 Å². The summed E-state index contributed by atoms with van der Waals surface area (Å²) in [7, 11) is 0. The van der Waals surface area contributed by atoms with Gasteiger partial charge < -0.3 is 9.69 Å². The lowest BCUT2D eigenvalue weighted by Crippen LogP contribution is -2.39. The number of hydrogen-bond donors (Lipinski definition) is 0. The lowest BCUT2D eigenvalue weighted by atomic mass is 9.77. The molecule has 1 rings (SSSR count). The van der Waals surface area contributed by atoms with Crippen molar-refractivity contribution < 1.29 is 4.79 Å².